The molecule has 0 fully saturated rings. The molecule has 0 saturated carbocycles. The Kier molecular flexibility index (Phi) is 11.3. The van der Waals surface area contributed by atoms with Gasteiger partial charge in [0, 0.05) is 12.5 Å². The molecule has 5 nitrogen and oxygen atoms in total. The predicted molar refractivity (Wildman–Crippen MR) is 100 cm³/mol. The molecule has 6 heteroatoms. The molecule has 1 rings (SSSR count). The second-order valence-corrected chi connectivity index (χ2v) is 7.95. The first-order chi connectivity index (χ1) is 11.9. The van der Waals surface area contributed by atoms with Gasteiger partial charge in [0.15, 0.2) is 0 Å². The number of phosphoric ester groups is 1. The van der Waals surface area contributed by atoms with E-state index < -0.39 is 7.82 Å². The summed E-state index contributed by atoms with van der Waals surface area (Å²) in [5, 5.41) is 9.29. The summed E-state index contributed by atoms with van der Waals surface area (Å²) in [7, 11) is -4.47. The molecule has 0 saturated heterocycles. The van der Waals surface area contributed by atoms with Gasteiger partial charge in [-0.1, -0.05) is 63.3 Å². The largest absolute Gasteiger partial charge is 0.469 e. The summed E-state index contributed by atoms with van der Waals surface area (Å²) in [6.45, 7) is 1.96. The Morgan fingerprint density at radius 3 is 2.08 bits per heavy atom. The van der Waals surface area contributed by atoms with E-state index in [0.717, 1.165) is 12.8 Å². The summed E-state index contributed by atoms with van der Waals surface area (Å²) >= 11 is 0. The molecule has 0 amide bonds. The van der Waals surface area contributed by atoms with E-state index in [4.69, 9.17) is 9.79 Å². The van der Waals surface area contributed by atoms with Gasteiger partial charge in [-0.15, -0.1) is 0 Å². The first-order valence-corrected chi connectivity index (χ1v) is 10.9. The number of aryl methyl sites for hydroxylation is 2. The molecule has 25 heavy (non-hydrogen) atoms. The van der Waals surface area contributed by atoms with Crippen LogP contribution in [0.5, 0.6) is 0 Å². The lowest BCUT2D eigenvalue weighted by molar-refractivity contribution is 0.125. The van der Waals surface area contributed by atoms with Crippen molar-refractivity contribution in [1.82, 2.24) is 0 Å². The summed E-state index contributed by atoms with van der Waals surface area (Å²) in [5.41, 5.74) is 2.52. The van der Waals surface area contributed by atoms with Crippen molar-refractivity contribution in [3.05, 3.63) is 35.4 Å². The van der Waals surface area contributed by atoms with Gasteiger partial charge >= 0.3 is 7.82 Å². The first kappa shape index (κ1) is 22.3. The predicted octanol–water partition coefficient (Wildman–Crippen LogP) is 4.24. The van der Waals surface area contributed by atoms with Crippen LogP contribution in [0.3, 0.4) is 0 Å². The monoisotopic (exact) mass is 372 g/mol. The Morgan fingerprint density at radius 1 is 0.960 bits per heavy atom. The minimum Gasteiger partial charge on any atom is -0.396 e. The number of rotatable bonds is 14. The highest BCUT2D eigenvalue weighted by molar-refractivity contribution is 7.46. The molecule has 0 spiro atoms. The van der Waals surface area contributed by atoms with Crippen LogP contribution < -0.4 is 0 Å². The Hall–Kier alpha value is -0.710. The van der Waals surface area contributed by atoms with Gasteiger partial charge in [0.25, 0.3) is 0 Å². The molecule has 0 aliphatic carbocycles. The third-order valence-corrected chi connectivity index (χ3v) is 4.91. The van der Waals surface area contributed by atoms with Gasteiger partial charge in [0.05, 0.1) is 6.61 Å². The second-order valence-electron chi connectivity index (χ2n) is 6.71. The maximum absolute atomic E-state index is 10.7. The van der Waals surface area contributed by atoms with Gasteiger partial charge in [0.2, 0.25) is 0 Å². The maximum Gasteiger partial charge on any atom is 0.469 e. The summed E-state index contributed by atoms with van der Waals surface area (Å²) in [6, 6.07) is 8.51. The molecular weight excluding hydrogens is 339 g/mol. The number of hydrogen-bond donors (Lipinski definition) is 3. The lowest BCUT2D eigenvalue weighted by Gasteiger charge is -2.14. The number of phosphoric acid groups is 1. The standard InChI is InChI=1S/C19H33O5P/c1-2-3-4-5-6-7-8-17-9-11-18(12-10-17)13-14-19(15-20)16-24-25(21,22)23/h9-12,19-20H,2-8,13-16H2,1H3,(H2,21,22,23). The highest BCUT2D eigenvalue weighted by atomic mass is 31.2. The van der Waals surface area contributed by atoms with Crippen LogP contribution in [-0.2, 0) is 21.9 Å². The quantitative estimate of drug-likeness (QED) is 0.336. The molecule has 0 bridgehead atoms. The maximum atomic E-state index is 10.7. The molecule has 3 N–H and O–H groups in total. The van der Waals surface area contributed by atoms with Crippen LogP contribution in [0, 0.1) is 5.92 Å². The van der Waals surface area contributed by atoms with Crippen LogP contribution in [0.2, 0.25) is 0 Å². The third-order valence-electron chi connectivity index (χ3n) is 4.42. The Labute approximate surface area is 151 Å². The molecule has 1 atom stereocenters. The Bertz CT molecular complexity index is 497. The molecule has 1 aromatic carbocycles. The van der Waals surface area contributed by atoms with E-state index in [-0.39, 0.29) is 19.1 Å². The molecule has 0 aliphatic rings. The lowest BCUT2D eigenvalue weighted by atomic mass is 9.99. The number of aliphatic hydroxyl groups is 1. The van der Waals surface area contributed by atoms with Gasteiger partial charge in [-0.05, 0) is 36.8 Å². The van der Waals surface area contributed by atoms with E-state index in [1.165, 1.54) is 49.7 Å². The molecule has 0 radical (unpaired) electrons. The van der Waals surface area contributed by atoms with E-state index >= 15 is 0 Å². The van der Waals surface area contributed by atoms with Crippen LogP contribution in [0.15, 0.2) is 24.3 Å². The van der Waals surface area contributed by atoms with Gasteiger partial charge < -0.3 is 14.9 Å². The third kappa shape index (κ3) is 11.5. The van der Waals surface area contributed by atoms with Crippen LogP contribution in [0.4, 0.5) is 0 Å². The summed E-state index contributed by atoms with van der Waals surface area (Å²) in [5.74, 6) is -0.268. The molecule has 0 heterocycles. The molecule has 1 aromatic rings. The van der Waals surface area contributed by atoms with Gasteiger partial charge in [-0.3, -0.25) is 4.52 Å². The smallest absolute Gasteiger partial charge is 0.396 e. The van der Waals surface area contributed by atoms with E-state index in [9.17, 15) is 9.67 Å². The van der Waals surface area contributed by atoms with Gasteiger partial charge in [-0.2, -0.15) is 0 Å². The van der Waals surface area contributed by atoms with Gasteiger partial charge in [-0.25, -0.2) is 4.57 Å². The SMILES string of the molecule is CCCCCCCCc1ccc(CCC(CO)COP(=O)(O)O)cc1. The number of aliphatic hydroxyl groups excluding tert-OH is 1. The van der Waals surface area contributed by atoms with Crippen LogP contribution in [-0.4, -0.2) is 28.1 Å². The Morgan fingerprint density at radius 2 is 1.52 bits per heavy atom. The molecule has 0 aromatic heterocycles. The van der Waals surface area contributed by atoms with Crippen LogP contribution >= 0.6 is 7.82 Å². The van der Waals surface area contributed by atoms with Crippen molar-refractivity contribution in [1.29, 1.82) is 0 Å². The normalized spacial score (nSPS) is 13.1. The first-order valence-electron chi connectivity index (χ1n) is 9.33. The van der Waals surface area contributed by atoms with Crippen molar-refractivity contribution >= 4 is 7.82 Å². The number of benzene rings is 1. The zero-order valence-corrected chi connectivity index (χ0v) is 16.2. The van der Waals surface area contributed by atoms with Crippen molar-refractivity contribution in [3.63, 3.8) is 0 Å². The fraction of sp³-hybridized carbons (Fsp3) is 0.684. The molecule has 0 aliphatic heterocycles. The minimum absolute atomic E-state index is 0.128. The van der Waals surface area contributed by atoms with E-state index in [1.807, 2.05) is 0 Å². The second kappa shape index (κ2) is 12.6. The summed E-state index contributed by atoms with van der Waals surface area (Å²) < 4.78 is 15.2. The molecule has 1 unspecified atom stereocenters. The fourth-order valence-electron chi connectivity index (χ4n) is 2.78. The number of hydrogen-bond acceptors (Lipinski definition) is 3. The highest BCUT2D eigenvalue weighted by Crippen LogP contribution is 2.36. The van der Waals surface area contributed by atoms with E-state index in [0.29, 0.717) is 6.42 Å². The zero-order chi connectivity index (χ0) is 18.5. The van der Waals surface area contributed by atoms with Crippen molar-refractivity contribution in [2.75, 3.05) is 13.2 Å². The minimum atomic E-state index is -4.47. The topological polar surface area (TPSA) is 87.0 Å². The van der Waals surface area contributed by atoms with Crippen molar-refractivity contribution in [2.45, 2.75) is 64.7 Å². The van der Waals surface area contributed by atoms with E-state index in [2.05, 4.69) is 35.7 Å². The lowest BCUT2D eigenvalue weighted by Crippen LogP contribution is -2.14. The Balaban J connectivity index is 2.27. The van der Waals surface area contributed by atoms with Crippen molar-refractivity contribution in [2.24, 2.45) is 5.92 Å². The van der Waals surface area contributed by atoms with Crippen molar-refractivity contribution < 1.29 is 24.0 Å². The molecular formula is C19H33O5P. The highest BCUT2D eigenvalue weighted by Gasteiger charge is 2.17. The zero-order valence-electron chi connectivity index (χ0n) is 15.3. The van der Waals surface area contributed by atoms with Crippen molar-refractivity contribution in [3.8, 4) is 0 Å². The van der Waals surface area contributed by atoms with Crippen LogP contribution in [0.1, 0.15) is 63.0 Å². The average Bonchev–Trinajstić information content (AvgIpc) is 2.58. The average molecular weight is 372 g/mol. The fourth-order valence-corrected chi connectivity index (χ4v) is 3.19. The van der Waals surface area contributed by atoms with Gasteiger partial charge in [0.1, 0.15) is 0 Å². The van der Waals surface area contributed by atoms with Crippen LogP contribution in [0.25, 0.3) is 0 Å². The summed E-state index contributed by atoms with van der Waals surface area (Å²) in [6.07, 6.45) is 10.3. The van der Waals surface area contributed by atoms with E-state index in [1.54, 1.807) is 0 Å². The summed E-state index contributed by atoms with van der Waals surface area (Å²) in [4.78, 5) is 17.4. The number of unbranched alkanes of at least 4 members (excludes halogenated alkanes) is 5. The molecule has 144 valence electrons.